The molecule has 6 heteroatoms. The van der Waals surface area contributed by atoms with E-state index in [0.717, 1.165) is 31.2 Å². The van der Waals surface area contributed by atoms with E-state index < -0.39 is 0 Å². The number of hydrogen-bond donors (Lipinski definition) is 1. The lowest BCUT2D eigenvalue weighted by molar-refractivity contribution is 0.155. The predicted octanol–water partition coefficient (Wildman–Crippen LogP) is 1.00. The van der Waals surface area contributed by atoms with Crippen molar-refractivity contribution in [3.05, 3.63) is 0 Å². The van der Waals surface area contributed by atoms with Crippen LogP contribution in [0.4, 0.5) is 0 Å². The second-order valence-corrected chi connectivity index (χ2v) is 4.26. The van der Waals surface area contributed by atoms with Crippen molar-refractivity contribution < 1.29 is 4.74 Å². The van der Waals surface area contributed by atoms with Gasteiger partial charge in [0.25, 0.3) is 0 Å². The van der Waals surface area contributed by atoms with E-state index in [1.807, 2.05) is 18.7 Å². The summed E-state index contributed by atoms with van der Waals surface area (Å²) in [6.07, 6.45) is 0. The smallest absolute Gasteiger partial charge is 0.191 e. The van der Waals surface area contributed by atoms with Gasteiger partial charge in [-0.3, -0.25) is 4.99 Å². The van der Waals surface area contributed by atoms with Crippen molar-refractivity contribution in [1.82, 2.24) is 4.90 Å². The highest BCUT2D eigenvalue weighted by Crippen LogP contribution is 2.08. The van der Waals surface area contributed by atoms with E-state index >= 15 is 0 Å². The third-order valence-electron chi connectivity index (χ3n) is 2.05. The molecule has 0 radical (unpaired) electrons. The van der Waals surface area contributed by atoms with Crippen molar-refractivity contribution >= 4 is 41.7 Å². The number of ether oxygens (including phenoxy) is 1. The summed E-state index contributed by atoms with van der Waals surface area (Å²) in [6, 6.07) is 0. The third-order valence-corrected chi connectivity index (χ3v) is 2.99. The van der Waals surface area contributed by atoms with Gasteiger partial charge >= 0.3 is 0 Å². The Morgan fingerprint density at radius 2 is 2.13 bits per heavy atom. The molecule has 1 heterocycles. The molecule has 0 unspecified atom stereocenters. The molecule has 0 atom stereocenters. The minimum Gasteiger partial charge on any atom is -0.380 e. The van der Waals surface area contributed by atoms with Gasteiger partial charge in [0.05, 0.1) is 13.2 Å². The van der Waals surface area contributed by atoms with E-state index in [4.69, 9.17) is 10.5 Å². The van der Waals surface area contributed by atoms with Gasteiger partial charge in [-0.25, -0.2) is 0 Å². The number of thioether (sulfide) groups is 1. The summed E-state index contributed by atoms with van der Waals surface area (Å²) >= 11 is 1.97. The summed E-state index contributed by atoms with van der Waals surface area (Å²) in [5.74, 6) is 2.98. The Morgan fingerprint density at radius 3 is 2.73 bits per heavy atom. The second-order valence-electron chi connectivity index (χ2n) is 3.04. The highest BCUT2D eigenvalue weighted by atomic mass is 127. The van der Waals surface area contributed by atoms with E-state index in [1.54, 1.807) is 0 Å². The van der Waals surface area contributed by atoms with Crippen LogP contribution >= 0.6 is 35.7 Å². The van der Waals surface area contributed by atoms with Crippen molar-refractivity contribution in [3.63, 3.8) is 0 Å². The van der Waals surface area contributed by atoms with Crippen molar-refractivity contribution in [2.75, 3.05) is 44.4 Å². The number of halogens is 1. The van der Waals surface area contributed by atoms with Gasteiger partial charge in [-0.2, -0.15) is 11.8 Å². The number of aliphatic imine (C=N–C) groups is 1. The van der Waals surface area contributed by atoms with Gasteiger partial charge in [-0.05, 0) is 6.92 Å². The van der Waals surface area contributed by atoms with Crippen LogP contribution in [-0.4, -0.2) is 55.2 Å². The van der Waals surface area contributed by atoms with Crippen LogP contribution < -0.4 is 5.73 Å². The summed E-state index contributed by atoms with van der Waals surface area (Å²) < 4.78 is 5.19. The van der Waals surface area contributed by atoms with Crippen LogP contribution in [0.2, 0.25) is 0 Å². The van der Waals surface area contributed by atoms with E-state index in [-0.39, 0.29) is 24.0 Å². The quantitative estimate of drug-likeness (QED) is 0.358. The molecule has 2 N–H and O–H groups in total. The summed E-state index contributed by atoms with van der Waals surface area (Å²) in [4.78, 5) is 6.41. The molecule has 0 aromatic heterocycles. The predicted molar refractivity (Wildman–Crippen MR) is 77.3 cm³/mol. The molecule has 1 rings (SSSR count). The number of guanidine groups is 1. The molecular formula is C9H20IN3OS. The maximum atomic E-state index is 5.84. The minimum absolute atomic E-state index is 0. The normalized spacial score (nSPS) is 17.4. The Bertz CT molecular complexity index is 186. The topological polar surface area (TPSA) is 50.9 Å². The molecule has 0 amide bonds. The average Bonchev–Trinajstić information content (AvgIpc) is 2.25. The maximum Gasteiger partial charge on any atom is 0.191 e. The molecule has 0 spiro atoms. The van der Waals surface area contributed by atoms with E-state index in [1.165, 1.54) is 0 Å². The van der Waals surface area contributed by atoms with Gasteiger partial charge in [0, 0.05) is 31.2 Å². The van der Waals surface area contributed by atoms with E-state index in [0.29, 0.717) is 19.1 Å². The van der Waals surface area contributed by atoms with Crippen molar-refractivity contribution in [2.45, 2.75) is 6.92 Å². The van der Waals surface area contributed by atoms with Crippen LogP contribution in [0.3, 0.4) is 0 Å². The van der Waals surface area contributed by atoms with Crippen LogP contribution in [0.15, 0.2) is 4.99 Å². The van der Waals surface area contributed by atoms with Crippen LogP contribution in [0.25, 0.3) is 0 Å². The highest BCUT2D eigenvalue weighted by Gasteiger charge is 2.11. The van der Waals surface area contributed by atoms with Crippen molar-refractivity contribution in [1.29, 1.82) is 0 Å². The van der Waals surface area contributed by atoms with Crippen molar-refractivity contribution in [2.24, 2.45) is 10.7 Å². The molecule has 0 aliphatic carbocycles. The minimum atomic E-state index is 0. The Labute approximate surface area is 113 Å². The fourth-order valence-corrected chi connectivity index (χ4v) is 2.16. The van der Waals surface area contributed by atoms with Crippen LogP contribution in [-0.2, 0) is 4.74 Å². The molecule has 1 fully saturated rings. The van der Waals surface area contributed by atoms with Gasteiger partial charge in [0.15, 0.2) is 5.96 Å². The number of nitrogens with zero attached hydrogens (tertiary/aromatic N) is 2. The molecule has 0 aromatic rings. The van der Waals surface area contributed by atoms with Gasteiger partial charge in [-0.15, -0.1) is 24.0 Å². The first-order valence-electron chi connectivity index (χ1n) is 5.05. The molecule has 0 bridgehead atoms. The molecule has 1 saturated heterocycles. The van der Waals surface area contributed by atoms with Crippen LogP contribution in [0.1, 0.15) is 6.92 Å². The Morgan fingerprint density at radius 1 is 1.47 bits per heavy atom. The summed E-state index contributed by atoms with van der Waals surface area (Å²) in [5, 5.41) is 0. The zero-order valence-corrected chi connectivity index (χ0v) is 12.3. The molecule has 90 valence electrons. The highest BCUT2D eigenvalue weighted by molar-refractivity contribution is 14.0. The zero-order chi connectivity index (χ0) is 10.2. The van der Waals surface area contributed by atoms with Crippen molar-refractivity contribution in [3.8, 4) is 0 Å². The Balaban J connectivity index is 0.00000196. The van der Waals surface area contributed by atoms with Gasteiger partial charge in [-0.1, -0.05) is 0 Å². The molecule has 15 heavy (non-hydrogen) atoms. The lowest BCUT2D eigenvalue weighted by Crippen LogP contribution is -2.42. The summed E-state index contributed by atoms with van der Waals surface area (Å²) in [5.41, 5.74) is 5.84. The van der Waals surface area contributed by atoms with Crippen LogP contribution in [0.5, 0.6) is 0 Å². The Hall–Kier alpha value is 0.310. The molecule has 1 aliphatic rings. The van der Waals surface area contributed by atoms with Crippen LogP contribution in [0, 0.1) is 0 Å². The number of rotatable bonds is 4. The van der Waals surface area contributed by atoms with E-state index in [9.17, 15) is 0 Å². The fraction of sp³-hybridized carbons (Fsp3) is 0.889. The first-order valence-corrected chi connectivity index (χ1v) is 6.20. The SMILES string of the molecule is CCOCCN=C(N)N1CCSCC1.I. The molecule has 0 aromatic carbocycles. The largest absolute Gasteiger partial charge is 0.380 e. The molecule has 4 nitrogen and oxygen atoms in total. The lowest BCUT2D eigenvalue weighted by atomic mass is 10.5. The maximum absolute atomic E-state index is 5.84. The van der Waals surface area contributed by atoms with Gasteiger partial charge in [0.1, 0.15) is 0 Å². The van der Waals surface area contributed by atoms with Gasteiger partial charge in [0.2, 0.25) is 0 Å². The van der Waals surface area contributed by atoms with Gasteiger partial charge < -0.3 is 15.4 Å². The number of nitrogens with two attached hydrogens (primary N) is 1. The summed E-state index contributed by atoms with van der Waals surface area (Å²) in [6.45, 7) is 6.11. The summed E-state index contributed by atoms with van der Waals surface area (Å²) in [7, 11) is 0. The fourth-order valence-electron chi connectivity index (χ4n) is 1.26. The molecule has 0 saturated carbocycles. The Kier molecular flexibility index (Phi) is 9.73. The lowest BCUT2D eigenvalue weighted by Gasteiger charge is -2.27. The van der Waals surface area contributed by atoms with E-state index in [2.05, 4.69) is 9.89 Å². The standard InChI is InChI=1S/C9H19N3OS.HI/c1-2-13-6-3-11-9(10)12-4-7-14-8-5-12;/h2-8H2,1H3,(H2,10,11);1H. The second kappa shape index (κ2) is 9.53. The average molecular weight is 345 g/mol. The zero-order valence-electron chi connectivity index (χ0n) is 9.15. The first-order chi connectivity index (χ1) is 6.84. The first kappa shape index (κ1) is 15.3. The molecule has 1 aliphatic heterocycles. The third kappa shape index (κ3) is 6.47. The number of hydrogen-bond acceptors (Lipinski definition) is 3. The monoisotopic (exact) mass is 345 g/mol. The molecular weight excluding hydrogens is 325 g/mol.